The Kier molecular flexibility index (Phi) is 5.07. The van der Waals surface area contributed by atoms with E-state index < -0.39 is 0 Å². The quantitative estimate of drug-likeness (QED) is 0.877. The largest absolute Gasteiger partial charge is 0.329 e. The average molecular weight is 324 g/mol. The first-order chi connectivity index (χ1) is 9.19. The second-order valence-electron chi connectivity index (χ2n) is 4.53. The van der Waals surface area contributed by atoms with Gasteiger partial charge in [-0.3, -0.25) is 9.58 Å². The molecule has 1 aromatic carbocycles. The van der Waals surface area contributed by atoms with E-state index in [0.29, 0.717) is 13.1 Å². The highest BCUT2D eigenvalue weighted by Crippen LogP contribution is 2.17. The molecule has 0 bridgehead atoms. The van der Waals surface area contributed by atoms with Crippen LogP contribution in [0.2, 0.25) is 0 Å². The van der Waals surface area contributed by atoms with Crippen molar-refractivity contribution in [2.45, 2.75) is 19.6 Å². The molecule has 0 saturated heterocycles. The van der Waals surface area contributed by atoms with E-state index in [1.807, 2.05) is 18.3 Å². The van der Waals surface area contributed by atoms with Gasteiger partial charge in [-0.15, -0.1) is 5.10 Å². The van der Waals surface area contributed by atoms with Crippen molar-refractivity contribution >= 4 is 15.9 Å². The second-order valence-corrected chi connectivity index (χ2v) is 5.38. The molecule has 2 N–H and O–H groups in total. The minimum atomic E-state index is 0.579. The van der Waals surface area contributed by atoms with Crippen molar-refractivity contribution < 1.29 is 0 Å². The van der Waals surface area contributed by atoms with Gasteiger partial charge in [-0.1, -0.05) is 39.3 Å². The first-order valence-corrected chi connectivity index (χ1v) is 6.99. The van der Waals surface area contributed by atoms with Crippen LogP contribution in [0, 0.1) is 0 Å². The maximum atomic E-state index is 5.49. The van der Waals surface area contributed by atoms with E-state index in [0.717, 1.165) is 23.3 Å². The van der Waals surface area contributed by atoms with Gasteiger partial charge in [0.25, 0.3) is 0 Å². The number of hydrogen-bond donors (Lipinski definition) is 1. The Bertz CT molecular complexity index is 525. The maximum Gasteiger partial charge on any atom is 0.0967 e. The van der Waals surface area contributed by atoms with Gasteiger partial charge in [0.2, 0.25) is 0 Å². The van der Waals surface area contributed by atoms with Gasteiger partial charge in [-0.25, -0.2) is 0 Å². The van der Waals surface area contributed by atoms with Crippen LogP contribution >= 0.6 is 15.9 Å². The monoisotopic (exact) mass is 323 g/mol. The van der Waals surface area contributed by atoms with Crippen molar-refractivity contribution in [1.29, 1.82) is 0 Å². The van der Waals surface area contributed by atoms with Crippen molar-refractivity contribution in [3.8, 4) is 0 Å². The molecule has 1 heterocycles. The molecule has 0 amide bonds. The summed E-state index contributed by atoms with van der Waals surface area (Å²) in [6, 6.07) is 8.24. The Morgan fingerprint density at radius 1 is 1.32 bits per heavy atom. The lowest BCUT2D eigenvalue weighted by molar-refractivity contribution is 0.314. The first-order valence-electron chi connectivity index (χ1n) is 6.20. The lowest BCUT2D eigenvalue weighted by Crippen LogP contribution is -2.17. The van der Waals surface area contributed by atoms with Crippen LogP contribution in [0.15, 0.2) is 34.9 Å². The summed E-state index contributed by atoms with van der Waals surface area (Å²) in [5.41, 5.74) is 7.71. The predicted molar refractivity (Wildman–Crippen MR) is 78.4 cm³/mol. The van der Waals surface area contributed by atoms with Gasteiger partial charge in [-0.05, 0) is 18.7 Å². The van der Waals surface area contributed by atoms with Gasteiger partial charge in [0.1, 0.15) is 0 Å². The third-order valence-corrected chi connectivity index (χ3v) is 3.55. The van der Waals surface area contributed by atoms with E-state index >= 15 is 0 Å². The molecular weight excluding hydrogens is 306 g/mol. The van der Waals surface area contributed by atoms with Gasteiger partial charge >= 0.3 is 0 Å². The summed E-state index contributed by atoms with van der Waals surface area (Å²) >= 11 is 3.56. The van der Waals surface area contributed by atoms with Crippen molar-refractivity contribution in [1.82, 2.24) is 19.9 Å². The van der Waals surface area contributed by atoms with E-state index in [-0.39, 0.29) is 0 Å². The maximum absolute atomic E-state index is 5.49. The lowest BCUT2D eigenvalue weighted by Gasteiger charge is -2.15. The molecule has 0 unspecified atom stereocenters. The summed E-state index contributed by atoms with van der Waals surface area (Å²) < 4.78 is 2.91. The molecule has 1 aromatic heterocycles. The highest BCUT2D eigenvalue weighted by Gasteiger charge is 2.07. The van der Waals surface area contributed by atoms with Crippen molar-refractivity contribution in [3.05, 3.63) is 46.2 Å². The summed E-state index contributed by atoms with van der Waals surface area (Å²) in [6.45, 7) is 2.92. The first kappa shape index (κ1) is 14.2. The SMILES string of the molecule is CN(Cc1cn(CCN)nn1)Cc1ccccc1Br. The van der Waals surface area contributed by atoms with Gasteiger partial charge in [0, 0.05) is 30.3 Å². The van der Waals surface area contributed by atoms with E-state index in [2.05, 4.69) is 50.3 Å². The van der Waals surface area contributed by atoms with Crippen molar-refractivity contribution in [2.24, 2.45) is 5.73 Å². The van der Waals surface area contributed by atoms with Gasteiger partial charge in [-0.2, -0.15) is 0 Å². The fourth-order valence-corrected chi connectivity index (χ4v) is 2.31. The van der Waals surface area contributed by atoms with E-state index in [4.69, 9.17) is 5.73 Å². The van der Waals surface area contributed by atoms with E-state index in [9.17, 15) is 0 Å². The number of rotatable bonds is 6. The van der Waals surface area contributed by atoms with Gasteiger partial charge in [0.05, 0.1) is 12.2 Å². The summed E-state index contributed by atoms with van der Waals surface area (Å²) in [6.07, 6.45) is 1.95. The molecule has 19 heavy (non-hydrogen) atoms. The topological polar surface area (TPSA) is 60.0 Å². The molecule has 0 aliphatic heterocycles. The molecular formula is C13H18BrN5. The number of aromatic nitrogens is 3. The molecule has 0 spiro atoms. The van der Waals surface area contributed by atoms with Crippen LogP contribution < -0.4 is 5.73 Å². The van der Waals surface area contributed by atoms with Crippen molar-refractivity contribution in [3.63, 3.8) is 0 Å². The number of halogens is 1. The van der Waals surface area contributed by atoms with Crippen molar-refractivity contribution in [2.75, 3.05) is 13.6 Å². The zero-order valence-corrected chi connectivity index (χ0v) is 12.5. The number of hydrogen-bond acceptors (Lipinski definition) is 4. The molecule has 102 valence electrons. The fourth-order valence-electron chi connectivity index (χ4n) is 1.90. The Morgan fingerprint density at radius 3 is 2.84 bits per heavy atom. The Balaban J connectivity index is 1.93. The van der Waals surface area contributed by atoms with E-state index in [1.165, 1.54) is 5.56 Å². The molecule has 6 heteroatoms. The summed E-state index contributed by atoms with van der Waals surface area (Å²) in [4.78, 5) is 2.21. The molecule has 0 radical (unpaired) electrons. The number of nitrogens with zero attached hydrogens (tertiary/aromatic N) is 4. The normalized spacial score (nSPS) is 11.2. The highest BCUT2D eigenvalue weighted by atomic mass is 79.9. The summed E-state index contributed by atoms with van der Waals surface area (Å²) in [5, 5.41) is 8.18. The zero-order chi connectivity index (χ0) is 13.7. The Labute approximate surface area is 121 Å². The Hall–Kier alpha value is -1.24. The molecule has 0 aliphatic carbocycles. The summed E-state index contributed by atoms with van der Waals surface area (Å²) in [5.74, 6) is 0. The number of benzene rings is 1. The van der Waals surface area contributed by atoms with Gasteiger partial charge in [0.15, 0.2) is 0 Å². The minimum absolute atomic E-state index is 0.579. The van der Waals surface area contributed by atoms with Gasteiger partial charge < -0.3 is 5.73 Å². The van der Waals surface area contributed by atoms with Crippen LogP contribution in [0.5, 0.6) is 0 Å². The van der Waals surface area contributed by atoms with Crippen LogP contribution in [0.1, 0.15) is 11.3 Å². The fraction of sp³-hybridized carbons (Fsp3) is 0.385. The molecule has 0 saturated carbocycles. The molecule has 2 aromatic rings. The molecule has 2 rings (SSSR count). The van der Waals surface area contributed by atoms with Crippen LogP contribution in [-0.2, 0) is 19.6 Å². The zero-order valence-electron chi connectivity index (χ0n) is 11.0. The molecule has 5 nitrogen and oxygen atoms in total. The highest BCUT2D eigenvalue weighted by molar-refractivity contribution is 9.10. The smallest absolute Gasteiger partial charge is 0.0967 e. The third kappa shape index (κ3) is 4.12. The third-order valence-electron chi connectivity index (χ3n) is 2.77. The molecule has 0 atom stereocenters. The molecule has 0 aliphatic rings. The van der Waals surface area contributed by atoms with Crippen LogP contribution in [0.4, 0.5) is 0 Å². The summed E-state index contributed by atoms with van der Waals surface area (Å²) in [7, 11) is 2.07. The average Bonchev–Trinajstić information content (AvgIpc) is 2.80. The Morgan fingerprint density at radius 2 is 2.11 bits per heavy atom. The molecule has 0 fully saturated rings. The minimum Gasteiger partial charge on any atom is -0.329 e. The second kappa shape index (κ2) is 6.79. The lowest BCUT2D eigenvalue weighted by atomic mass is 10.2. The van der Waals surface area contributed by atoms with Crippen LogP contribution in [0.25, 0.3) is 0 Å². The van der Waals surface area contributed by atoms with Crippen LogP contribution in [0.3, 0.4) is 0 Å². The standard InChI is InChI=1S/C13H18BrN5/c1-18(8-11-4-2-3-5-13(11)14)9-12-10-19(7-6-15)17-16-12/h2-5,10H,6-9,15H2,1H3. The van der Waals surface area contributed by atoms with E-state index in [1.54, 1.807) is 4.68 Å². The number of nitrogens with two attached hydrogens (primary N) is 1. The predicted octanol–water partition coefficient (Wildman–Crippen LogP) is 1.63. The van der Waals surface area contributed by atoms with Crippen LogP contribution in [-0.4, -0.2) is 33.5 Å².